The van der Waals surface area contributed by atoms with E-state index >= 15 is 0 Å². The van der Waals surface area contributed by atoms with E-state index in [-0.39, 0.29) is 18.6 Å². The van der Waals surface area contributed by atoms with E-state index in [4.69, 9.17) is 16.3 Å². The molecule has 0 unspecified atom stereocenters. The van der Waals surface area contributed by atoms with Crippen molar-refractivity contribution in [2.75, 3.05) is 22.5 Å². The van der Waals surface area contributed by atoms with E-state index in [2.05, 4.69) is 5.32 Å². The van der Waals surface area contributed by atoms with Crippen LogP contribution < -0.4 is 14.4 Å². The second-order valence-electron chi connectivity index (χ2n) is 6.13. The predicted molar refractivity (Wildman–Crippen MR) is 102 cm³/mol. The molecule has 3 rings (SSSR count). The smallest absolute Gasteiger partial charge is 0.262 e. The van der Waals surface area contributed by atoms with Crippen molar-refractivity contribution in [3.05, 3.63) is 53.6 Å². The maximum Gasteiger partial charge on any atom is 0.262 e. The lowest BCUT2D eigenvalue weighted by atomic mass is 10.2. The first-order valence-corrected chi connectivity index (χ1v) is 10.3. The van der Waals surface area contributed by atoms with Gasteiger partial charge in [-0.15, -0.1) is 0 Å². The lowest BCUT2D eigenvalue weighted by Crippen LogP contribution is -2.31. The van der Waals surface area contributed by atoms with E-state index in [1.165, 1.54) is 10.6 Å². The van der Waals surface area contributed by atoms with Gasteiger partial charge in [-0.2, -0.15) is 0 Å². The van der Waals surface area contributed by atoms with Gasteiger partial charge < -0.3 is 10.1 Å². The first-order valence-electron chi connectivity index (χ1n) is 8.10. The average Bonchev–Trinajstić information content (AvgIpc) is 3.40. The molecule has 2 aromatic rings. The summed E-state index contributed by atoms with van der Waals surface area (Å²) < 4.78 is 30.7. The fraction of sp³-hybridized carbons (Fsp3) is 0.278. The molecule has 1 amide bonds. The van der Waals surface area contributed by atoms with Crippen molar-refractivity contribution in [1.82, 2.24) is 0 Å². The summed E-state index contributed by atoms with van der Waals surface area (Å²) in [7, 11) is -3.32. The highest BCUT2D eigenvalue weighted by Crippen LogP contribution is 2.34. The molecule has 0 aromatic heterocycles. The normalized spacial score (nSPS) is 13.9. The highest BCUT2D eigenvalue weighted by atomic mass is 35.5. The van der Waals surface area contributed by atoms with Crippen LogP contribution in [0, 0.1) is 0 Å². The van der Waals surface area contributed by atoms with Gasteiger partial charge in [-0.25, -0.2) is 8.42 Å². The summed E-state index contributed by atoms with van der Waals surface area (Å²) in [6.45, 7) is -0.138. The molecule has 138 valence electrons. The number of carbonyl (C=O) groups excluding carboxylic acids is 1. The molecule has 6 nitrogen and oxygen atoms in total. The Morgan fingerprint density at radius 1 is 1.15 bits per heavy atom. The summed E-state index contributed by atoms with van der Waals surface area (Å²) in [6.07, 6.45) is 2.94. The Morgan fingerprint density at radius 3 is 2.31 bits per heavy atom. The van der Waals surface area contributed by atoms with Crippen molar-refractivity contribution >= 4 is 38.9 Å². The molecular weight excluding hydrogens is 376 g/mol. The van der Waals surface area contributed by atoms with Crippen LogP contribution in [0.25, 0.3) is 0 Å². The topological polar surface area (TPSA) is 75.7 Å². The second kappa shape index (κ2) is 7.55. The van der Waals surface area contributed by atoms with Crippen LogP contribution >= 0.6 is 11.6 Å². The minimum Gasteiger partial charge on any atom is -0.484 e. The Bertz CT molecular complexity index is 878. The maximum atomic E-state index is 12.0. The van der Waals surface area contributed by atoms with Gasteiger partial charge in [0.05, 0.1) is 11.9 Å². The molecule has 0 bridgehead atoms. The Kier molecular flexibility index (Phi) is 5.38. The number of sulfonamides is 1. The standard InChI is InChI=1S/C18H19ClN2O4S/c1-26(23,24)21(16-8-9-16)15-6-4-14(5-7-15)20-18(22)12-25-17-10-2-13(19)3-11-17/h2-7,10-11,16H,8-9,12H2,1H3,(H,20,22). The Balaban J connectivity index is 1.58. The van der Waals surface area contributed by atoms with Gasteiger partial charge in [-0.05, 0) is 61.4 Å². The monoisotopic (exact) mass is 394 g/mol. The van der Waals surface area contributed by atoms with E-state index < -0.39 is 10.0 Å². The van der Waals surface area contributed by atoms with Crippen LogP contribution in [0.15, 0.2) is 48.5 Å². The Hall–Kier alpha value is -2.25. The molecule has 1 fully saturated rings. The predicted octanol–water partition coefficient (Wildman–Crippen LogP) is 3.29. The Morgan fingerprint density at radius 2 is 1.77 bits per heavy atom. The molecule has 1 aliphatic rings. The number of anilines is 2. The number of nitrogens with zero attached hydrogens (tertiary/aromatic N) is 1. The molecule has 1 N–H and O–H groups in total. The molecule has 0 spiro atoms. The largest absolute Gasteiger partial charge is 0.484 e. The number of halogens is 1. The van der Waals surface area contributed by atoms with Crippen LogP contribution in [0.2, 0.25) is 5.02 Å². The summed E-state index contributed by atoms with van der Waals surface area (Å²) >= 11 is 5.79. The number of carbonyl (C=O) groups is 1. The molecule has 2 aromatic carbocycles. The molecule has 0 saturated heterocycles. The van der Waals surface area contributed by atoms with Gasteiger partial charge in [0.15, 0.2) is 6.61 Å². The molecule has 0 radical (unpaired) electrons. The minimum atomic E-state index is -3.32. The van der Waals surface area contributed by atoms with Crippen LogP contribution in [0.4, 0.5) is 11.4 Å². The van der Waals surface area contributed by atoms with Crippen LogP contribution in [0.5, 0.6) is 5.75 Å². The third-order valence-electron chi connectivity index (χ3n) is 3.82. The highest BCUT2D eigenvalue weighted by Gasteiger charge is 2.35. The summed E-state index contributed by atoms with van der Waals surface area (Å²) in [5, 5.41) is 3.31. The Labute approximate surface area is 157 Å². The van der Waals surface area contributed by atoms with Crippen LogP contribution in [0.1, 0.15) is 12.8 Å². The third-order valence-corrected chi connectivity index (χ3v) is 5.30. The number of hydrogen-bond donors (Lipinski definition) is 1. The van der Waals surface area contributed by atoms with Crippen LogP contribution in [-0.2, 0) is 14.8 Å². The number of ether oxygens (including phenoxy) is 1. The lowest BCUT2D eigenvalue weighted by Gasteiger charge is -2.22. The molecule has 0 aliphatic heterocycles. The van der Waals surface area contributed by atoms with Gasteiger partial charge in [-0.3, -0.25) is 9.10 Å². The van der Waals surface area contributed by atoms with Gasteiger partial charge in [0.1, 0.15) is 5.75 Å². The first kappa shape index (κ1) is 18.5. The first-order chi connectivity index (χ1) is 12.3. The number of rotatable bonds is 7. The van der Waals surface area contributed by atoms with Crippen LogP contribution in [-0.4, -0.2) is 33.2 Å². The van der Waals surface area contributed by atoms with Crippen molar-refractivity contribution in [2.24, 2.45) is 0 Å². The van der Waals surface area contributed by atoms with E-state index in [9.17, 15) is 13.2 Å². The van der Waals surface area contributed by atoms with Gasteiger partial charge in [0.2, 0.25) is 10.0 Å². The summed E-state index contributed by atoms with van der Waals surface area (Å²) in [4.78, 5) is 12.0. The van der Waals surface area contributed by atoms with Gasteiger partial charge >= 0.3 is 0 Å². The lowest BCUT2D eigenvalue weighted by molar-refractivity contribution is -0.118. The van der Waals surface area contributed by atoms with E-state index in [1.807, 2.05) is 0 Å². The number of amides is 1. The van der Waals surface area contributed by atoms with Crippen molar-refractivity contribution < 1.29 is 17.9 Å². The molecule has 8 heteroatoms. The highest BCUT2D eigenvalue weighted by molar-refractivity contribution is 7.92. The zero-order valence-corrected chi connectivity index (χ0v) is 15.8. The van der Waals surface area contributed by atoms with Crippen LogP contribution in [0.3, 0.4) is 0 Å². The maximum absolute atomic E-state index is 12.0. The van der Waals surface area contributed by atoms with E-state index in [1.54, 1.807) is 48.5 Å². The second-order valence-corrected chi connectivity index (χ2v) is 8.42. The minimum absolute atomic E-state index is 0.0400. The average molecular weight is 395 g/mol. The summed E-state index contributed by atoms with van der Waals surface area (Å²) in [5.41, 5.74) is 1.17. The van der Waals surface area contributed by atoms with Crippen molar-refractivity contribution in [3.8, 4) is 5.75 Å². The number of hydrogen-bond acceptors (Lipinski definition) is 4. The van der Waals surface area contributed by atoms with Gasteiger partial charge in [-0.1, -0.05) is 11.6 Å². The summed E-state index contributed by atoms with van der Waals surface area (Å²) in [6, 6.07) is 13.5. The SMILES string of the molecule is CS(=O)(=O)N(c1ccc(NC(=O)COc2ccc(Cl)cc2)cc1)C1CC1. The third kappa shape index (κ3) is 4.89. The molecule has 1 aliphatic carbocycles. The quantitative estimate of drug-likeness (QED) is 0.781. The fourth-order valence-electron chi connectivity index (χ4n) is 2.55. The van der Waals surface area contributed by atoms with E-state index in [0.29, 0.717) is 22.1 Å². The zero-order valence-electron chi connectivity index (χ0n) is 14.2. The number of benzene rings is 2. The van der Waals surface area contributed by atoms with Crippen molar-refractivity contribution in [1.29, 1.82) is 0 Å². The molecule has 26 heavy (non-hydrogen) atoms. The van der Waals surface area contributed by atoms with Gasteiger partial charge in [0.25, 0.3) is 5.91 Å². The molecular formula is C18H19ClN2O4S. The fourth-order valence-corrected chi connectivity index (χ4v) is 3.93. The summed E-state index contributed by atoms with van der Waals surface area (Å²) in [5.74, 6) is 0.239. The molecule has 1 saturated carbocycles. The van der Waals surface area contributed by atoms with E-state index in [0.717, 1.165) is 12.8 Å². The van der Waals surface area contributed by atoms with Crippen molar-refractivity contribution in [2.45, 2.75) is 18.9 Å². The molecule has 0 heterocycles. The molecule has 0 atom stereocenters. The zero-order chi connectivity index (χ0) is 18.7. The van der Waals surface area contributed by atoms with Gasteiger partial charge in [0, 0.05) is 16.8 Å². The number of nitrogens with one attached hydrogen (secondary N) is 1. The van der Waals surface area contributed by atoms with Crippen molar-refractivity contribution in [3.63, 3.8) is 0 Å².